The molecule has 5 nitrogen and oxygen atoms in total. The Morgan fingerprint density at radius 3 is 2.43 bits per heavy atom. The second-order valence-corrected chi connectivity index (χ2v) is 5.80. The molecule has 1 aliphatic heterocycles. The standard InChI is InChI=1S/C16H20N2O3.C2H6/c1-12-9-17(10-15(19)18(12)14-7-8-14)16(20)21-11-13-5-3-2-4-6-13;1-2/h2-6,12,14H,7-11H2,1H3;1-2H3. The number of rotatable bonds is 3. The molecule has 1 unspecified atom stereocenters. The third-order valence-electron chi connectivity index (χ3n) is 3.98. The van der Waals surface area contributed by atoms with Crippen molar-refractivity contribution in [3.05, 3.63) is 35.9 Å². The lowest BCUT2D eigenvalue weighted by molar-refractivity contribution is -0.139. The van der Waals surface area contributed by atoms with E-state index >= 15 is 0 Å². The molecule has 0 bridgehead atoms. The number of carbonyl (C=O) groups excluding carboxylic acids is 2. The number of amides is 2. The van der Waals surface area contributed by atoms with E-state index in [1.54, 1.807) is 0 Å². The molecule has 1 saturated carbocycles. The van der Waals surface area contributed by atoms with Gasteiger partial charge in [-0.25, -0.2) is 4.79 Å². The van der Waals surface area contributed by atoms with Crippen LogP contribution in [0.25, 0.3) is 0 Å². The molecule has 2 aliphatic rings. The van der Waals surface area contributed by atoms with Crippen molar-refractivity contribution >= 4 is 12.0 Å². The highest BCUT2D eigenvalue weighted by molar-refractivity contribution is 5.84. The fraction of sp³-hybridized carbons (Fsp3) is 0.556. The van der Waals surface area contributed by atoms with Crippen molar-refractivity contribution in [3.8, 4) is 0 Å². The fourth-order valence-corrected chi connectivity index (χ4v) is 2.83. The van der Waals surface area contributed by atoms with E-state index in [1.807, 2.05) is 56.0 Å². The first-order valence-electron chi connectivity index (χ1n) is 8.42. The summed E-state index contributed by atoms with van der Waals surface area (Å²) in [6.07, 6.45) is 1.78. The minimum absolute atomic E-state index is 0.0351. The number of hydrogen-bond donors (Lipinski definition) is 0. The molecule has 1 heterocycles. The van der Waals surface area contributed by atoms with E-state index in [2.05, 4.69) is 0 Å². The zero-order valence-corrected chi connectivity index (χ0v) is 14.2. The summed E-state index contributed by atoms with van der Waals surface area (Å²) in [7, 11) is 0. The zero-order valence-electron chi connectivity index (χ0n) is 14.2. The molecule has 0 spiro atoms. The number of hydrogen-bond acceptors (Lipinski definition) is 3. The maximum atomic E-state index is 12.2. The molecule has 2 amide bonds. The Balaban J connectivity index is 0.000000924. The Morgan fingerprint density at radius 1 is 1.22 bits per heavy atom. The summed E-state index contributed by atoms with van der Waals surface area (Å²) < 4.78 is 5.29. The molecule has 1 aromatic rings. The van der Waals surface area contributed by atoms with Gasteiger partial charge in [0.05, 0.1) is 0 Å². The molecule has 0 aromatic heterocycles. The predicted molar refractivity (Wildman–Crippen MR) is 88.9 cm³/mol. The molecule has 1 aromatic carbocycles. The van der Waals surface area contributed by atoms with Gasteiger partial charge in [0.15, 0.2) is 0 Å². The van der Waals surface area contributed by atoms with Crippen molar-refractivity contribution in [2.24, 2.45) is 0 Å². The maximum absolute atomic E-state index is 12.2. The molecular formula is C18H26N2O3. The highest BCUT2D eigenvalue weighted by atomic mass is 16.6. The number of piperazine rings is 1. The van der Waals surface area contributed by atoms with E-state index in [4.69, 9.17) is 4.74 Å². The van der Waals surface area contributed by atoms with E-state index in [0.717, 1.165) is 18.4 Å². The van der Waals surface area contributed by atoms with Gasteiger partial charge in [-0.3, -0.25) is 9.69 Å². The van der Waals surface area contributed by atoms with Gasteiger partial charge in [0.1, 0.15) is 13.2 Å². The molecular weight excluding hydrogens is 292 g/mol. The zero-order chi connectivity index (χ0) is 16.8. The molecule has 0 N–H and O–H groups in total. The molecule has 1 saturated heterocycles. The van der Waals surface area contributed by atoms with Gasteiger partial charge in [0.2, 0.25) is 5.91 Å². The van der Waals surface area contributed by atoms with Crippen LogP contribution in [0.1, 0.15) is 39.2 Å². The Morgan fingerprint density at radius 2 is 1.87 bits per heavy atom. The van der Waals surface area contributed by atoms with E-state index in [0.29, 0.717) is 12.6 Å². The Bertz CT molecular complexity index is 528. The van der Waals surface area contributed by atoms with Gasteiger partial charge in [-0.1, -0.05) is 44.2 Å². The molecule has 0 radical (unpaired) electrons. The monoisotopic (exact) mass is 318 g/mol. The van der Waals surface area contributed by atoms with Crippen LogP contribution in [0.15, 0.2) is 30.3 Å². The van der Waals surface area contributed by atoms with Crippen molar-refractivity contribution in [1.29, 1.82) is 0 Å². The molecule has 5 heteroatoms. The summed E-state index contributed by atoms with van der Waals surface area (Å²) >= 11 is 0. The largest absolute Gasteiger partial charge is 0.445 e. The van der Waals surface area contributed by atoms with Gasteiger partial charge in [0.25, 0.3) is 0 Å². The molecule has 126 valence electrons. The molecule has 1 aliphatic carbocycles. The number of ether oxygens (including phenoxy) is 1. The maximum Gasteiger partial charge on any atom is 0.410 e. The van der Waals surface area contributed by atoms with Crippen LogP contribution < -0.4 is 0 Å². The van der Waals surface area contributed by atoms with E-state index in [-0.39, 0.29) is 25.1 Å². The van der Waals surface area contributed by atoms with Crippen LogP contribution in [-0.4, -0.2) is 47.0 Å². The average Bonchev–Trinajstić information content (AvgIpc) is 3.39. The van der Waals surface area contributed by atoms with E-state index in [1.165, 1.54) is 4.90 Å². The van der Waals surface area contributed by atoms with Crippen molar-refractivity contribution in [2.75, 3.05) is 13.1 Å². The first-order valence-corrected chi connectivity index (χ1v) is 8.42. The third-order valence-corrected chi connectivity index (χ3v) is 3.98. The predicted octanol–water partition coefficient (Wildman–Crippen LogP) is 3.04. The fourth-order valence-electron chi connectivity index (χ4n) is 2.83. The smallest absolute Gasteiger partial charge is 0.410 e. The molecule has 3 rings (SSSR count). The number of carbonyl (C=O) groups is 2. The lowest BCUT2D eigenvalue weighted by Crippen LogP contribution is -2.57. The van der Waals surface area contributed by atoms with E-state index in [9.17, 15) is 9.59 Å². The van der Waals surface area contributed by atoms with Crippen LogP contribution in [0.5, 0.6) is 0 Å². The topological polar surface area (TPSA) is 49.9 Å². The molecule has 1 atom stereocenters. The van der Waals surface area contributed by atoms with Crippen molar-refractivity contribution < 1.29 is 14.3 Å². The van der Waals surface area contributed by atoms with Gasteiger partial charge < -0.3 is 9.64 Å². The lowest BCUT2D eigenvalue weighted by atomic mass is 10.2. The Hall–Kier alpha value is -2.04. The summed E-state index contributed by atoms with van der Waals surface area (Å²) in [4.78, 5) is 27.7. The summed E-state index contributed by atoms with van der Waals surface area (Å²) in [6, 6.07) is 10.0. The SMILES string of the molecule is CC.CC1CN(C(=O)OCc2ccccc2)CC(=O)N1C1CC1. The third kappa shape index (κ3) is 4.47. The highest BCUT2D eigenvalue weighted by Crippen LogP contribution is 2.30. The number of nitrogens with zero attached hydrogens (tertiary/aromatic N) is 2. The second-order valence-electron chi connectivity index (χ2n) is 5.80. The van der Waals surface area contributed by atoms with Crippen LogP contribution in [0, 0.1) is 0 Å². The van der Waals surface area contributed by atoms with Crippen LogP contribution in [-0.2, 0) is 16.1 Å². The van der Waals surface area contributed by atoms with Gasteiger partial charge in [0, 0.05) is 18.6 Å². The van der Waals surface area contributed by atoms with Crippen molar-refractivity contribution in [1.82, 2.24) is 9.80 Å². The quantitative estimate of drug-likeness (QED) is 0.860. The van der Waals surface area contributed by atoms with Gasteiger partial charge in [-0.2, -0.15) is 0 Å². The minimum atomic E-state index is -0.408. The molecule has 23 heavy (non-hydrogen) atoms. The van der Waals surface area contributed by atoms with Crippen LogP contribution >= 0.6 is 0 Å². The van der Waals surface area contributed by atoms with Crippen LogP contribution in [0.3, 0.4) is 0 Å². The van der Waals surface area contributed by atoms with Gasteiger partial charge in [-0.15, -0.1) is 0 Å². The van der Waals surface area contributed by atoms with Crippen molar-refractivity contribution in [3.63, 3.8) is 0 Å². The minimum Gasteiger partial charge on any atom is -0.445 e. The average molecular weight is 318 g/mol. The van der Waals surface area contributed by atoms with Crippen LogP contribution in [0.4, 0.5) is 4.79 Å². The first-order chi connectivity index (χ1) is 11.1. The van der Waals surface area contributed by atoms with Crippen LogP contribution in [0.2, 0.25) is 0 Å². The summed E-state index contributed by atoms with van der Waals surface area (Å²) in [5, 5.41) is 0. The Labute approximate surface area is 138 Å². The summed E-state index contributed by atoms with van der Waals surface area (Å²) in [6.45, 7) is 6.92. The molecule has 2 fully saturated rings. The summed E-state index contributed by atoms with van der Waals surface area (Å²) in [5.74, 6) is 0.0351. The first kappa shape index (κ1) is 17.3. The van der Waals surface area contributed by atoms with Crippen molar-refractivity contribution in [2.45, 2.75) is 52.3 Å². The van der Waals surface area contributed by atoms with Gasteiger partial charge >= 0.3 is 6.09 Å². The number of benzene rings is 1. The second kappa shape index (κ2) is 7.99. The Kier molecular flexibility index (Phi) is 6.02. The highest BCUT2D eigenvalue weighted by Gasteiger charge is 2.41. The van der Waals surface area contributed by atoms with E-state index < -0.39 is 6.09 Å². The lowest BCUT2D eigenvalue weighted by Gasteiger charge is -2.39. The summed E-state index contributed by atoms with van der Waals surface area (Å²) in [5.41, 5.74) is 0.946. The van der Waals surface area contributed by atoms with Gasteiger partial charge in [-0.05, 0) is 25.3 Å². The normalized spacial score (nSPS) is 20.7.